The molecule has 33 heteroatoms. The van der Waals surface area contributed by atoms with E-state index in [1.165, 1.54) is 0 Å². The average molecular weight is 1660 g/mol. The molecule has 0 aromatic carbocycles. The van der Waals surface area contributed by atoms with E-state index in [4.69, 9.17) is 37.9 Å². The van der Waals surface area contributed by atoms with Crippen LogP contribution in [-0.4, -0.2) is 264 Å². The third-order valence-corrected chi connectivity index (χ3v) is 32.7. The predicted octanol–water partition coefficient (Wildman–Crippen LogP) is 3.22. The Morgan fingerprint density at radius 2 is 0.664 bits per heavy atom. The summed E-state index contributed by atoms with van der Waals surface area (Å²) in [6.07, 6.45) is -22.8. The van der Waals surface area contributed by atoms with E-state index in [0.29, 0.717) is 64.2 Å². The van der Waals surface area contributed by atoms with Crippen LogP contribution in [0.25, 0.3) is 0 Å². The maximum Gasteiger partial charge on any atom is 0.335 e. The van der Waals surface area contributed by atoms with Crippen molar-refractivity contribution in [1.82, 2.24) is 0 Å². The van der Waals surface area contributed by atoms with Crippen LogP contribution in [0.5, 0.6) is 0 Å². The SMILES string of the molecule is CC1(C(=O)O)CCC2(C)CCC3(C)C(=CC(=O)C4C5(C)CCC(OC6OC(C(=O)O)C(O)C(O)C6OC6OC(C(=O)O)C(O)C(O)C6O)CC5CCC43C)C2C1.CC1(C(=O)O)CCC2(C)CCC3(C)C(=CC(=O)C4C5(C)CCC(OC6OC(C(=O)O)C(O)C(O)C6OC6OC(C(=O)O)C(O)C(O)C6O)CC5CCC43C)C2C1.[Zn]. The number of fused-ring (bicyclic) bond motifs is 14. The molecule has 10 aliphatic carbocycles. The first-order chi connectivity index (χ1) is 52.0. The standard InChI is InChI=1S/2C40H58O16.Zn/c2*1-36-10-11-37(2,35(51)52)16-20(36)19-15-21(41)30-38(3)8-7-18(14-17(38)6-9-40(30,5)39(19,4)13-12-36)53-34-29(25(45)24(44)28(55-34)32(49)50)56-33-26(46)22(42)23(43)27(54-33)31(47)48;/h2*15,17-18,20,22-30,33-34,42-46H,6-14,16H2,1-5H3,(H,47,48)(H,49,50)(H,51,52);. The number of rotatable bonds is 14. The zero-order valence-electron chi connectivity index (χ0n) is 65.9. The summed E-state index contributed by atoms with van der Waals surface area (Å²) in [4.78, 5) is 102. The van der Waals surface area contributed by atoms with Gasteiger partial charge in [-0.05, 0) is 221 Å². The van der Waals surface area contributed by atoms with Crippen molar-refractivity contribution in [3.05, 3.63) is 23.3 Å². The van der Waals surface area contributed by atoms with Crippen molar-refractivity contribution in [2.24, 2.45) is 89.7 Å². The van der Waals surface area contributed by atoms with E-state index in [0.717, 1.165) is 75.4 Å². The van der Waals surface area contributed by atoms with Gasteiger partial charge in [0.15, 0.2) is 61.1 Å². The third kappa shape index (κ3) is 14.1. The number of ether oxygens (including phenoxy) is 8. The second-order valence-corrected chi connectivity index (χ2v) is 38.6. The molecule has 0 aromatic rings. The Hall–Kier alpha value is -4.46. The van der Waals surface area contributed by atoms with Crippen LogP contribution in [0, 0.1) is 89.7 Å². The smallest absolute Gasteiger partial charge is 0.335 e. The first-order valence-corrected chi connectivity index (χ1v) is 40.0. The molecule has 32 nitrogen and oxygen atoms in total. The van der Waals surface area contributed by atoms with Crippen LogP contribution < -0.4 is 0 Å². The Labute approximate surface area is 667 Å². The first kappa shape index (κ1) is 87.8. The molecule has 4 heterocycles. The number of carboxylic acids is 6. The van der Waals surface area contributed by atoms with Crippen molar-refractivity contribution in [2.75, 3.05) is 0 Å². The molecule has 0 amide bonds. The largest absolute Gasteiger partial charge is 0.481 e. The minimum Gasteiger partial charge on any atom is -0.481 e. The summed E-state index contributed by atoms with van der Waals surface area (Å²) in [6.45, 7) is 21.6. The molecule has 14 aliphatic rings. The van der Waals surface area contributed by atoms with Crippen LogP contribution in [0.15, 0.2) is 23.3 Å². The van der Waals surface area contributed by atoms with Gasteiger partial charge in [0.05, 0.1) is 23.0 Å². The van der Waals surface area contributed by atoms with Crippen molar-refractivity contribution < 1.29 is 177 Å². The van der Waals surface area contributed by atoms with E-state index < -0.39 is 203 Å². The predicted molar refractivity (Wildman–Crippen MR) is 381 cm³/mol. The molecule has 0 aromatic heterocycles. The van der Waals surface area contributed by atoms with Crippen molar-refractivity contribution in [1.29, 1.82) is 0 Å². The third-order valence-electron chi connectivity index (χ3n) is 32.7. The van der Waals surface area contributed by atoms with Crippen LogP contribution in [0.3, 0.4) is 0 Å². The maximum absolute atomic E-state index is 14.6. The Kier molecular flexibility index (Phi) is 23.8. The molecule has 0 radical (unpaired) electrons. The number of aliphatic hydroxyl groups is 10. The molecule has 16 N–H and O–H groups in total. The van der Waals surface area contributed by atoms with Crippen LogP contribution in [0.1, 0.15) is 198 Å². The second kappa shape index (κ2) is 30.7. The molecule has 38 atom stereocenters. The number of ketones is 2. The number of hydrogen-bond donors (Lipinski definition) is 16. The normalized spacial score (nSPS) is 52.6. The van der Waals surface area contributed by atoms with E-state index in [-0.39, 0.29) is 88.2 Å². The van der Waals surface area contributed by atoms with Gasteiger partial charge in [-0.15, -0.1) is 0 Å². The van der Waals surface area contributed by atoms with Gasteiger partial charge in [0.2, 0.25) is 0 Å². The number of carbonyl (C=O) groups excluding carboxylic acids is 2. The Balaban J connectivity index is 0.000000208. The molecule has 113 heavy (non-hydrogen) atoms. The molecule has 630 valence electrons. The molecule has 38 unspecified atom stereocenters. The fourth-order valence-electron chi connectivity index (χ4n) is 24.8. The molecule has 8 saturated carbocycles. The minimum absolute atomic E-state index is 0. The molecular weight excluding hydrogens is 1540 g/mol. The molecule has 14 rings (SSSR count). The zero-order valence-corrected chi connectivity index (χ0v) is 68.8. The fraction of sp³-hybridized carbons (Fsp3) is 0.850. The Morgan fingerprint density at radius 3 is 0.973 bits per heavy atom. The molecule has 4 aliphatic heterocycles. The van der Waals surface area contributed by atoms with E-state index in [9.17, 15) is 120 Å². The number of aliphatic carboxylic acids is 6. The molecule has 12 fully saturated rings. The van der Waals surface area contributed by atoms with Crippen LogP contribution in [0.4, 0.5) is 0 Å². The van der Waals surface area contributed by atoms with E-state index in [1.807, 2.05) is 26.0 Å². The minimum atomic E-state index is -2.03. The van der Waals surface area contributed by atoms with Gasteiger partial charge in [0.25, 0.3) is 0 Å². The van der Waals surface area contributed by atoms with Gasteiger partial charge >= 0.3 is 35.8 Å². The number of carbonyl (C=O) groups is 8. The quantitative estimate of drug-likeness (QED) is 0.0877. The van der Waals surface area contributed by atoms with Gasteiger partial charge < -0.3 is 120 Å². The molecule has 0 spiro atoms. The van der Waals surface area contributed by atoms with Gasteiger partial charge in [0.1, 0.15) is 73.2 Å². The van der Waals surface area contributed by atoms with Gasteiger partial charge in [-0.3, -0.25) is 19.2 Å². The Bertz CT molecular complexity index is 3550. The van der Waals surface area contributed by atoms with Crippen LogP contribution in [-0.2, 0) is 95.7 Å². The van der Waals surface area contributed by atoms with Crippen molar-refractivity contribution in [2.45, 2.75) is 333 Å². The average Bonchev–Trinajstić information content (AvgIpc) is 0.681. The van der Waals surface area contributed by atoms with Gasteiger partial charge in [-0.25, -0.2) is 19.2 Å². The first-order valence-electron chi connectivity index (χ1n) is 40.0. The summed E-state index contributed by atoms with van der Waals surface area (Å²) >= 11 is 0. The van der Waals surface area contributed by atoms with Gasteiger partial charge in [-0.2, -0.15) is 0 Å². The molecular formula is C80H116O32Zn. The van der Waals surface area contributed by atoms with E-state index in [2.05, 4.69) is 55.4 Å². The monoisotopic (exact) mass is 1650 g/mol. The number of aliphatic hydroxyl groups excluding tert-OH is 10. The van der Waals surface area contributed by atoms with Gasteiger partial charge in [0, 0.05) is 31.3 Å². The summed E-state index contributed by atoms with van der Waals surface area (Å²) in [7, 11) is 0. The van der Waals surface area contributed by atoms with Crippen molar-refractivity contribution in [3.8, 4) is 0 Å². The summed E-state index contributed by atoms with van der Waals surface area (Å²) in [5.74, 6) is -8.63. The maximum atomic E-state index is 14.6. The topological polar surface area (TPSA) is 534 Å². The fourth-order valence-corrected chi connectivity index (χ4v) is 24.8. The van der Waals surface area contributed by atoms with Gasteiger partial charge in [-0.1, -0.05) is 66.5 Å². The molecule has 0 bridgehead atoms. The summed E-state index contributed by atoms with van der Waals surface area (Å²) in [6, 6.07) is 0. The number of carboxylic acid groups (broad SMARTS) is 6. The van der Waals surface area contributed by atoms with Crippen molar-refractivity contribution >= 4 is 47.4 Å². The summed E-state index contributed by atoms with van der Waals surface area (Å²) in [5, 5.41) is 165. The van der Waals surface area contributed by atoms with Crippen molar-refractivity contribution in [3.63, 3.8) is 0 Å². The van der Waals surface area contributed by atoms with E-state index >= 15 is 0 Å². The Morgan fingerprint density at radius 1 is 0.363 bits per heavy atom. The second-order valence-electron chi connectivity index (χ2n) is 38.6. The van der Waals surface area contributed by atoms with Crippen LogP contribution >= 0.6 is 0 Å². The number of allylic oxidation sites excluding steroid dienone is 4. The summed E-state index contributed by atoms with van der Waals surface area (Å²) < 4.78 is 45.9. The summed E-state index contributed by atoms with van der Waals surface area (Å²) in [5.41, 5.74) is -1.94. The van der Waals surface area contributed by atoms with Crippen LogP contribution in [0.2, 0.25) is 0 Å². The van der Waals surface area contributed by atoms with E-state index in [1.54, 1.807) is 0 Å². The zero-order chi connectivity index (χ0) is 82.2. The number of hydrogen-bond acceptors (Lipinski definition) is 26. The molecule has 4 saturated heterocycles.